The number of para-hydroxylation sites is 1. The quantitative estimate of drug-likeness (QED) is 0.849. The molecule has 0 aromatic heterocycles. The number of rotatable bonds is 4. The first-order valence-corrected chi connectivity index (χ1v) is 7.77. The summed E-state index contributed by atoms with van der Waals surface area (Å²) < 4.78 is 0. The van der Waals surface area contributed by atoms with Crippen molar-refractivity contribution in [1.29, 1.82) is 0 Å². The average molecular weight is 275 g/mol. The minimum atomic E-state index is -0.265. The number of fused-ring (bicyclic) bond motifs is 1. The van der Waals surface area contributed by atoms with Gasteiger partial charge in [-0.2, -0.15) is 0 Å². The lowest BCUT2D eigenvalue weighted by atomic mass is 10.0. The number of nitrogens with one attached hydrogen (secondary N) is 1. The summed E-state index contributed by atoms with van der Waals surface area (Å²) >= 11 is 0. The second-order valence-corrected chi connectivity index (χ2v) is 5.88. The molecule has 2 aliphatic rings. The van der Waals surface area contributed by atoms with Crippen LogP contribution in [0.2, 0.25) is 0 Å². The second-order valence-electron chi connectivity index (χ2n) is 5.88. The minimum Gasteiger partial charge on any atom is -0.390 e. The van der Waals surface area contributed by atoms with E-state index in [0.29, 0.717) is 0 Å². The summed E-state index contributed by atoms with van der Waals surface area (Å²) in [7, 11) is 0. The summed E-state index contributed by atoms with van der Waals surface area (Å²) in [6.45, 7) is 6.79. The van der Waals surface area contributed by atoms with Gasteiger partial charge in [-0.15, -0.1) is 0 Å². The Morgan fingerprint density at radius 2 is 1.90 bits per heavy atom. The van der Waals surface area contributed by atoms with Crippen molar-refractivity contribution < 1.29 is 5.11 Å². The molecule has 1 unspecified atom stereocenters. The zero-order valence-electron chi connectivity index (χ0n) is 12.1. The van der Waals surface area contributed by atoms with Crippen molar-refractivity contribution >= 4 is 5.69 Å². The molecule has 4 nitrogen and oxygen atoms in total. The van der Waals surface area contributed by atoms with E-state index in [-0.39, 0.29) is 6.10 Å². The Balaban J connectivity index is 1.57. The van der Waals surface area contributed by atoms with Crippen molar-refractivity contribution in [2.45, 2.75) is 18.9 Å². The van der Waals surface area contributed by atoms with E-state index >= 15 is 0 Å². The summed E-state index contributed by atoms with van der Waals surface area (Å²) in [6.07, 6.45) is 2.09. The highest BCUT2D eigenvalue weighted by Crippen LogP contribution is 2.26. The van der Waals surface area contributed by atoms with E-state index < -0.39 is 0 Å². The van der Waals surface area contributed by atoms with Crippen molar-refractivity contribution in [3.63, 3.8) is 0 Å². The van der Waals surface area contributed by atoms with Crippen LogP contribution in [0, 0.1) is 0 Å². The third-order valence-corrected chi connectivity index (χ3v) is 4.32. The lowest BCUT2D eigenvalue weighted by molar-refractivity contribution is 0.109. The average Bonchev–Trinajstić information content (AvgIpc) is 2.48. The first kappa shape index (κ1) is 13.9. The fraction of sp³-hybridized carbons (Fsp3) is 0.625. The van der Waals surface area contributed by atoms with Crippen LogP contribution in [0.1, 0.15) is 12.0 Å². The number of hydrogen-bond donors (Lipinski definition) is 2. The van der Waals surface area contributed by atoms with Gasteiger partial charge in [0.1, 0.15) is 0 Å². The van der Waals surface area contributed by atoms with Crippen LogP contribution in [0.3, 0.4) is 0 Å². The maximum atomic E-state index is 10.4. The molecule has 0 bridgehead atoms. The van der Waals surface area contributed by atoms with Crippen molar-refractivity contribution in [2.24, 2.45) is 0 Å². The van der Waals surface area contributed by atoms with Crippen LogP contribution in [0.4, 0.5) is 5.69 Å². The Morgan fingerprint density at radius 3 is 2.75 bits per heavy atom. The highest BCUT2D eigenvalue weighted by Gasteiger charge is 2.20. The molecule has 1 saturated heterocycles. The van der Waals surface area contributed by atoms with Gasteiger partial charge in [-0.1, -0.05) is 18.2 Å². The highest BCUT2D eigenvalue weighted by molar-refractivity contribution is 5.55. The number of β-amino-alcohol motifs (C(OH)–C–C–N with tert-alkyl or cyclic N) is 1. The number of hydrogen-bond acceptors (Lipinski definition) is 4. The van der Waals surface area contributed by atoms with E-state index in [9.17, 15) is 5.11 Å². The number of piperazine rings is 1. The largest absolute Gasteiger partial charge is 0.390 e. The molecule has 0 amide bonds. The van der Waals surface area contributed by atoms with Crippen LogP contribution in [-0.4, -0.2) is 61.9 Å². The predicted molar refractivity (Wildman–Crippen MR) is 82.3 cm³/mol. The number of anilines is 1. The van der Waals surface area contributed by atoms with Gasteiger partial charge in [0.15, 0.2) is 0 Å². The molecular weight excluding hydrogens is 250 g/mol. The van der Waals surface area contributed by atoms with Crippen molar-refractivity contribution in [2.75, 3.05) is 50.7 Å². The normalized spacial score (nSPS) is 21.6. The van der Waals surface area contributed by atoms with Crippen LogP contribution >= 0.6 is 0 Å². The van der Waals surface area contributed by atoms with Crippen LogP contribution in [-0.2, 0) is 6.42 Å². The number of aliphatic hydroxyl groups is 1. The summed E-state index contributed by atoms with van der Waals surface area (Å²) in [6, 6.07) is 8.61. The SMILES string of the molecule is OC(CN1CCNCC1)CN1CCCc2ccccc21. The van der Waals surface area contributed by atoms with Gasteiger partial charge in [-0.25, -0.2) is 0 Å². The number of aryl methyl sites for hydroxylation is 1. The lowest BCUT2D eigenvalue weighted by Gasteiger charge is -2.35. The molecule has 110 valence electrons. The Kier molecular flexibility index (Phi) is 4.55. The molecule has 0 saturated carbocycles. The molecule has 0 aliphatic carbocycles. The molecule has 0 radical (unpaired) electrons. The molecule has 20 heavy (non-hydrogen) atoms. The van der Waals surface area contributed by atoms with Crippen molar-refractivity contribution in [3.8, 4) is 0 Å². The van der Waals surface area contributed by atoms with E-state index in [0.717, 1.165) is 45.8 Å². The summed E-state index contributed by atoms with van der Waals surface area (Å²) in [5, 5.41) is 13.7. The van der Waals surface area contributed by atoms with E-state index in [1.807, 2.05) is 0 Å². The van der Waals surface area contributed by atoms with Crippen LogP contribution in [0.25, 0.3) is 0 Å². The smallest absolute Gasteiger partial charge is 0.0841 e. The zero-order chi connectivity index (χ0) is 13.8. The first-order valence-electron chi connectivity index (χ1n) is 7.77. The molecule has 4 heteroatoms. The van der Waals surface area contributed by atoms with E-state index in [1.54, 1.807) is 0 Å². The van der Waals surface area contributed by atoms with Crippen LogP contribution in [0.5, 0.6) is 0 Å². The molecule has 2 N–H and O–H groups in total. The first-order chi connectivity index (χ1) is 9.83. The van der Waals surface area contributed by atoms with Gasteiger partial charge >= 0.3 is 0 Å². The molecule has 1 aromatic carbocycles. The maximum absolute atomic E-state index is 10.4. The summed E-state index contributed by atoms with van der Waals surface area (Å²) in [5.74, 6) is 0. The molecular formula is C16H25N3O. The Morgan fingerprint density at radius 1 is 1.10 bits per heavy atom. The van der Waals surface area contributed by atoms with Gasteiger partial charge in [-0.3, -0.25) is 4.90 Å². The van der Waals surface area contributed by atoms with Crippen LogP contribution < -0.4 is 10.2 Å². The van der Waals surface area contributed by atoms with Gasteiger partial charge in [0.2, 0.25) is 0 Å². The topological polar surface area (TPSA) is 38.7 Å². The lowest BCUT2D eigenvalue weighted by Crippen LogP contribution is -2.48. The van der Waals surface area contributed by atoms with E-state index in [2.05, 4.69) is 39.4 Å². The van der Waals surface area contributed by atoms with E-state index in [4.69, 9.17) is 0 Å². The minimum absolute atomic E-state index is 0.265. The van der Waals surface area contributed by atoms with E-state index in [1.165, 1.54) is 24.1 Å². The third-order valence-electron chi connectivity index (χ3n) is 4.32. The Bertz CT molecular complexity index is 431. The van der Waals surface area contributed by atoms with Crippen molar-refractivity contribution in [3.05, 3.63) is 29.8 Å². The van der Waals surface area contributed by atoms with Gasteiger partial charge in [0, 0.05) is 51.5 Å². The molecule has 3 rings (SSSR count). The number of aliphatic hydroxyl groups excluding tert-OH is 1. The molecule has 1 atom stereocenters. The molecule has 1 fully saturated rings. The summed E-state index contributed by atoms with van der Waals surface area (Å²) in [5.41, 5.74) is 2.74. The van der Waals surface area contributed by atoms with Gasteiger partial charge in [-0.05, 0) is 24.5 Å². The van der Waals surface area contributed by atoms with Crippen LogP contribution in [0.15, 0.2) is 24.3 Å². The molecule has 2 heterocycles. The van der Waals surface area contributed by atoms with Gasteiger partial charge < -0.3 is 15.3 Å². The predicted octanol–water partition coefficient (Wildman–Crippen LogP) is 0.705. The van der Waals surface area contributed by atoms with Gasteiger partial charge in [0.05, 0.1) is 6.10 Å². The highest BCUT2D eigenvalue weighted by atomic mass is 16.3. The summed E-state index contributed by atoms with van der Waals surface area (Å²) in [4.78, 5) is 4.71. The Labute approximate surface area is 121 Å². The zero-order valence-corrected chi connectivity index (χ0v) is 12.1. The van der Waals surface area contributed by atoms with Gasteiger partial charge in [0.25, 0.3) is 0 Å². The molecule has 2 aliphatic heterocycles. The third kappa shape index (κ3) is 3.32. The fourth-order valence-corrected chi connectivity index (χ4v) is 3.31. The molecule has 0 spiro atoms. The Hall–Kier alpha value is -1.10. The molecule has 1 aromatic rings. The number of benzene rings is 1. The standard InChI is InChI=1S/C16H25N3O/c20-15(12-18-10-7-17-8-11-18)13-19-9-3-5-14-4-1-2-6-16(14)19/h1-2,4,6,15,17,20H,3,5,7-13H2. The monoisotopic (exact) mass is 275 g/mol. The van der Waals surface area contributed by atoms with Crippen molar-refractivity contribution in [1.82, 2.24) is 10.2 Å². The number of nitrogens with zero attached hydrogens (tertiary/aromatic N) is 2. The second kappa shape index (κ2) is 6.57. The fourth-order valence-electron chi connectivity index (χ4n) is 3.31. The maximum Gasteiger partial charge on any atom is 0.0841 e.